The van der Waals surface area contributed by atoms with Gasteiger partial charge < -0.3 is 29.2 Å². The average molecular weight is 431 g/mol. The number of amides is 2. The molecule has 1 saturated heterocycles. The highest BCUT2D eigenvalue weighted by Crippen LogP contribution is 2.28. The van der Waals surface area contributed by atoms with Crippen molar-refractivity contribution >= 4 is 11.8 Å². The molecule has 2 aliphatic rings. The number of fused-ring (bicyclic) bond motifs is 5. The summed E-state index contributed by atoms with van der Waals surface area (Å²) in [4.78, 5) is 26.9. The number of nitrogens with one attached hydrogen (secondary N) is 1. The summed E-state index contributed by atoms with van der Waals surface area (Å²) in [5.41, 5.74) is 1.08. The summed E-state index contributed by atoms with van der Waals surface area (Å²) in [5.74, 6) is 0.541. The Kier molecular flexibility index (Phi) is 6.33. The van der Waals surface area contributed by atoms with Gasteiger partial charge in [0.15, 0.2) is 11.5 Å². The first-order valence-corrected chi connectivity index (χ1v) is 9.96. The number of methoxy groups -OCH3 is 2. The topological polar surface area (TPSA) is 117 Å². The Hall–Kier alpha value is -3.18. The van der Waals surface area contributed by atoms with Gasteiger partial charge in [-0.05, 0) is 18.2 Å². The van der Waals surface area contributed by atoms with Gasteiger partial charge in [-0.15, -0.1) is 5.10 Å². The molecule has 1 aromatic carbocycles. The van der Waals surface area contributed by atoms with Crippen LogP contribution in [0.2, 0.25) is 0 Å². The molecule has 1 aromatic heterocycles. The number of hydrogen-bond acceptors (Lipinski definition) is 8. The second-order valence-electron chi connectivity index (χ2n) is 7.35. The summed E-state index contributed by atoms with van der Waals surface area (Å²) in [7, 11) is 3.01. The molecule has 1 fully saturated rings. The normalized spacial score (nSPS) is 21.4. The zero-order chi connectivity index (χ0) is 21.8. The SMILES string of the molecule is COCC(=O)N1C[C@@H]2NC(=O)c3ccc(OC)c(c3)OCCn3cc(nn3)CO[C@H]2C1. The summed E-state index contributed by atoms with van der Waals surface area (Å²) < 4.78 is 23.8. The van der Waals surface area contributed by atoms with E-state index in [1.54, 1.807) is 41.1 Å². The fraction of sp³-hybridized carbons (Fsp3) is 0.500. The number of ether oxygens (including phenoxy) is 4. The quantitative estimate of drug-likeness (QED) is 0.713. The van der Waals surface area contributed by atoms with Gasteiger partial charge in [0.2, 0.25) is 5.91 Å². The number of rotatable bonds is 3. The zero-order valence-electron chi connectivity index (χ0n) is 17.4. The maximum atomic E-state index is 12.9. The van der Waals surface area contributed by atoms with Gasteiger partial charge in [-0.1, -0.05) is 5.21 Å². The molecular weight excluding hydrogens is 406 g/mol. The highest BCUT2D eigenvalue weighted by molar-refractivity contribution is 5.95. The summed E-state index contributed by atoms with van der Waals surface area (Å²) in [5, 5.41) is 11.2. The van der Waals surface area contributed by atoms with Crippen molar-refractivity contribution in [2.75, 3.05) is 40.5 Å². The molecule has 166 valence electrons. The van der Waals surface area contributed by atoms with E-state index in [0.29, 0.717) is 49.0 Å². The van der Waals surface area contributed by atoms with Gasteiger partial charge in [0.1, 0.15) is 18.9 Å². The van der Waals surface area contributed by atoms with Crippen LogP contribution in [0.5, 0.6) is 11.5 Å². The van der Waals surface area contributed by atoms with E-state index in [1.165, 1.54) is 7.11 Å². The fourth-order valence-electron chi connectivity index (χ4n) is 3.64. The Balaban J connectivity index is 1.61. The van der Waals surface area contributed by atoms with Crippen LogP contribution in [0.3, 0.4) is 0 Å². The van der Waals surface area contributed by atoms with Crippen LogP contribution in [0.4, 0.5) is 0 Å². The molecule has 0 spiro atoms. The molecule has 2 aliphatic heterocycles. The minimum atomic E-state index is -0.394. The second kappa shape index (κ2) is 9.31. The molecule has 0 radical (unpaired) electrons. The van der Waals surface area contributed by atoms with Crippen LogP contribution in [0, 0.1) is 0 Å². The molecule has 4 rings (SSSR count). The molecule has 31 heavy (non-hydrogen) atoms. The van der Waals surface area contributed by atoms with E-state index < -0.39 is 6.10 Å². The number of aromatic nitrogens is 3. The summed E-state index contributed by atoms with van der Waals surface area (Å²) >= 11 is 0. The monoisotopic (exact) mass is 431 g/mol. The third-order valence-corrected chi connectivity index (χ3v) is 5.24. The number of nitrogens with zero attached hydrogens (tertiary/aromatic N) is 4. The molecule has 11 nitrogen and oxygen atoms in total. The lowest BCUT2D eigenvalue weighted by molar-refractivity contribution is -0.134. The van der Waals surface area contributed by atoms with Gasteiger partial charge in [0.05, 0.1) is 38.6 Å². The van der Waals surface area contributed by atoms with Crippen molar-refractivity contribution in [2.45, 2.75) is 25.3 Å². The van der Waals surface area contributed by atoms with Crippen LogP contribution in [0.15, 0.2) is 24.4 Å². The molecule has 1 N–H and O–H groups in total. The van der Waals surface area contributed by atoms with Crippen LogP contribution < -0.4 is 14.8 Å². The van der Waals surface area contributed by atoms with Gasteiger partial charge in [-0.2, -0.15) is 0 Å². The lowest BCUT2D eigenvalue weighted by Gasteiger charge is -2.20. The third-order valence-electron chi connectivity index (χ3n) is 5.24. The lowest BCUT2D eigenvalue weighted by Crippen LogP contribution is -2.44. The predicted molar refractivity (Wildman–Crippen MR) is 107 cm³/mol. The number of carbonyl (C=O) groups is 2. The second-order valence-corrected chi connectivity index (χ2v) is 7.35. The van der Waals surface area contributed by atoms with Crippen molar-refractivity contribution in [3.05, 3.63) is 35.7 Å². The molecule has 11 heteroatoms. The van der Waals surface area contributed by atoms with Gasteiger partial charge in [0, 0.05) is 25.8 Å². The minimum absolute atomic E-state index is 0.0269. The van der Waals surface area contributed by atoms with Crippen LogP contribution in [0.1, 0.15) is 16.1 Å². The molecule has 0 unspecified atom stereocenters. The average Bonchev–Trinajstić information content (AvgIpc) is 3.38. The van der Waals surface area contributed by atoms with Crippen LogP contribution in [-0.4, -0.2) is 84.4 Å². The molecule has 3 heterocycles. The Bertz CT molecular complexity index is 948. The van der Waals surface area contributed by atoms with Crippen LogP contribution in [-0.2, 0) is 27.4 Å². The zero-order valence-corrected chi connectivity index (χ0v) is 17.4. The van der Waals surface area contributed by atoms with Gasteiger partial charge in [-0.3, -0.25) is 9.59 Å². The smallest absolute Gasteiger partial charge is 0.251 e. The van der Waals surface area contributed by atoms with Crippen LogP contribution in [0.25, 0.3) is 0 Å². The van der Waals surface area contributed by atoms with E-state index in [0.717, 1.165) is 0 Å². The van der Waals surface area contributed by atoms with Crippen molar-refractivity contribution < 1.29 is 28.5 Å². The molecule has 0 aliphatic carbocycles. The first-order chi connectivity index (χ1) is 15.1. The number of likely N-dealkylation sites (tertiary alicyclic amines) is 1. The number of benzene rings is 1. The van der Waals surface area contributed by atoms with Crippen LogP contribution >= 0.6 is 0 Å². The Labute approximate surface area is 179 Å². The first-order valence-electron chi connectivity index (χ1n) is 9.96. The van der Waals surface area contributed by atoms with Crippen molar-refractivity contribution in [3.63, 3.8) is 0 Å². The highest BCUT2D eigenvalue weighted by Gasteiger charge is 2.37. The summed E-state index contributed by atoms with van der Waals surface area (Å²) in [6.07, 6.45) is 1.39. The van der Waals surface area contributed by atoms with Gasteiger partial charge in [0.25, 0.3) is 5.91 Å². The molecular formula is C20H25N5O6. The largest absolute Gasteiger partial charge is 0.493 e. The molecule has 2 amide bonds. The molecule has 4 bridgehead atoms. The third kappa shape index (κ3) is 4.78. The van der Waals surface area contributed by atoms with Gasteiger partial charge in [-0.25, -0.2) is 4.68 Å². The minimum Gasteiger partial charge on any atom is -0.493 e. The molecule has 2 aromatic rings. The summed E-state index contributed by atoms with van der Waals surface area (Å²) in [6.45, 7) is 1.65. The van der Waals surface area contributed by atoms with Crippen molar-refractivity contribution in [1.29, 1.82) is 0 Å². The maximum absolute atomic E-state index is 12.9. The summed E-state index contributed by atoms with van der Waals surface area (Å²) in [6, 6.07) is 4.60. The lowest BCUT2D eigenvalue weighted by atomic mass is 10.1. The van der Waals surface area contributed by atoms with E-state index in [-0.39, 0.29) is 31.1 Å². The molecule has 2 atom stereocenters. The number of carbonyl (C=O) groups excluding carboxylic acids is 2. The van der Waals surface area contributed by atoms with E-state index in [9.17, 15) is 9.59 Å². The van der Waals surface area contributed by atoms with Gasteiger partial charge >= 0.3 is 0 Å². The fourth-order valence-corrected chi connectivity index (χ4v) is 3.64. The standard InChI is InChI=1S/C20H25N5O6/c1-28-12-19(26)24-9-15-18(10-24)31-11-14-8-25(23-22-14)5-6-30-17-7-13(20(27)21-15)3-4-16(17)29-2/h3-4,7-8,15,18H,5-6,9-12H2,1-2H3,(H,21,27)/t15-,18-/m0/s1. The van der Waals surface area contributed by atoms with Crippen molar-refractivity contribution in [3.8, 4) is 11.5 Å². The van der Waals surface area contributed by atoms with E-state index in [1.807, 2.05) is 0 Å². The highest BCUT2D eigenvalue weighted by atomic mass is 16.5. The Morgan fingerprint density at radius 2 is 2.19 bits per heavy atom. The van der Waals surface area contributed by atoms with E-state index >= 15 is 0 Å². The molecule has 0 saturated carbocycles. The van der Waals surface area contributed by atoms with Crippen molar-refractivity contribution in [2.24, 2.45) is 0 Å². The van der Waals surface area contributed by atoms with Crippen molar-refractivity contribution in [1.82, 2.24) is 25.2 Å². The maximum Gasteiger partial charge on any atom is 0.251 e. The Morgan fingerprint density at radius 1 is 1.32 bits per heavy atom. The first kappa shape index (κ1) is 21.1. The number of hydrogen-bond donors (Lipinski definition) is 1. The van der Waals surface area contributed by atoms with E-state index in [2.05, 4.69) is 15.6 Å². The van der Waals surface area contributed by atoms with E-state index in [4.69, 9.17) is 18.9 Å². The predicted octanol–water partition coefficient (Wildman–Crippen LogP) is -0.148. The Morgan fingerprint density at radius 3 is 3.00 bits per heavy atom.